The van der Waals surface area contributed by atoms with Gasteiger partial charge in [-0.25, -0.2) is 9.37 Å². The van der Waals surface area contributed by atoms with Crippen LogP contribution in [0.5, 0.6) is 0 Å². The summed E-state index contributed by atoms with van der Waals surface area (Å²) in [6.45, 7) is 1.42. The highest BCUT2D eigenvalue weighted by molar-refractivity contribution is 7.15. The molecule has 0 spiro atoms. The van der Waals surface area contributed by atoms with Crippen molar-refractivity contribution in [3.05, 3.63) is 47.5 Å². The van der Waals surface area contributed by atoms with Crippen LogP contribution in [0.25, 0.3) is 4.96 Å². The number of hydrogen-bond donors (Lipinski definition) is 0. The number of hydrogen-bond acceptors (Lipinski definition) is 4. The Morgan fingerprint density at radius 3 is 3.04 bits per heavy atom. The highest BCUT2D eigenvalue weighted by Crippen LogP contribution is 2.32. The average molecular weight is 344 g/mol. The van der Waals surface area contributed by atoms with Crippen molar-refractivity contribution in [2.75, 3.05) is 29.9 Å². The van der Waals surface area contributed by atoms with E-state index >= 15 is 0 Å². The first kappa shape index (κ1) is 15.1. The third kappa shape index (κ3) is 2.65. The molecule has 0 atom stereocenters. The van der Waals surface area contributed by atoms with Crippen LogP contribution < -0.4 is 9.80 Å². The van der Waals surface area contributed by atoms with Gasteiger partial charge in [0.15, 0.2) is 4.96 Å². The van der Waals surface area contributed by atoms with Gasteiger partial charge in [0.2, 0.25) is 5.91 Å². The number of nitrogens with zero attached hydrogens (tertiary/aromatic N) is 4. The topological polar surface area (TPSA) is 40.9 Å². The predicted octanol–water partition coefficient (Wildman–Crippen LogP) is 2.95. The molecule has 4 rings (SSSR count). The molecule has 2 aromatic heterocycles. The lowest BCUT2D eigenvalue weighted by atomic mass is 10.2. The van der Waals surface area contributed by atoms with E-state index in [0.717, 1.165) is 29.3 Å². The molecule has 3 aromatic rings. The molecule has 1 aliphatic rings. The Bertz CT molecular complexity index is 875. The summed E-state index contributed by atoms with van der Waals surface area (Å²) in [4.78, 5) is 21.9. The van der Waals surface area contributed by atoms with Crippen molar-refractivity contribution < 1.29 is 9.18 Å². The van der Waals surface area contributed by atoms with Gasteiger partial charge in [-0.2, -0.15) is 0 Å². The van der Waals surface area contributed by atoms with E-state index in [1.165, 1.54) is 23.5 Å². The Kier molecular flexibility index (Phi) is 3.72. The minimum atomic E-state index is -0.329. The average Bonchev–Trinajstić information content (AvgIpc) is 3.07. The van der Waals surface area contributed by atoms with Crippen LogP contribution in [-0.4, -0.2) is 35.4 Å². The fourth-order valence-electron chi connectivity index (χ4n) is 3.11. The molecule has 0 unspecified atom stereocenters. The lowest BCUT2D eigenvalue weighted by molar-refractivity contribution is -0.118. The van der Waals surface area contributed by atoms with E-state index in [1.807, 2.05) is 29.2 Å². The number of imidazole rings is 1. The summed E-state index contributed by atoms with van der Waals surface area (Å²) in [5.74, 6) is -0.382. The molecular formula is C17H17FN4OS. The predicted molar refractivity (Wildman–Crippen MR) is 93.4 cm³/mol. The molecule has 1 aromatic carbocycles. The lowest BCUT2D eigenvalue weighted by Crippen LogP contribution is -2.33. The van der Waals surface area contributed by atoms with Crippen LogP contribution in [0, 0.1) is 5.82 Å². The fourth-order valence-corrected chi connectivity index (χ4v) is 3.83. The monoisotopic (exact) mass is 344 g/mol. The molecule has 0 N–H and O–H groups in total. The molecule has 0 bridgehead atoms. The van der Waals surface area contributed by atoms with Crippen molar-refractivity contribution >= 4 is 33.6 Å². The van der Waals surface area contributed by atoms with Crippen LogP contribution in [0.15, 0.2) is 36.0 Å². The number of carbonyl (C=O) groups excluding carboxylic acids is 1. The Labute approximate surface area is 142 Å². The van der Waals surface area contributed by atoms with Crippen molar-refractivity contribution in [3.8, 4) is 0 Å². The Morgan fingerprint density at radius 1 is 1.33 bits per heavy atom. The van der Waals surface area contributed by atoms with E-state index in [2.05, 4.69) is 9.88 Å². The van der Waals surface area contributed by atoms with Crippen LogP contribution in [0.1, 0.15) is 12.1 Å². The molecule has 5 nitrogen and oxygen atoms in total. The summed E-state index contributed by atoms with van der Waals surface area (Å²) in [7, 11) is 1.97. The summed E-state index contributed by atoms with van der Waals surface area (Å²) < 4.78 is 15.7. The van der Waals surface area contributed by atoms with E-state index in [9.17, 15) is 9.18 Å². The van der Waals surface area contributed by atoms with Gasteiger partial charge in [0.25, 0.3) is 0 Å². The Balaban J connectivity index is 1.64. The van der Waals surface area contributed by atoms with E-state index in [4.69, 9.17) is 0 Å². The maximum absolute atomic E-state index is 13.7. The van der Waals surface area contributed by atoms with Crippen LogP contribution in [-0.2, 0) is 11.2 Å². The van der Waals surface area contributed by atoms with Gasteiger partial charge >= 0.3 is 0 Å². The second-order valence-electron chi connectivity index (χ2n) is 5.96. The van der Waals surface area contributed by atoms with Gasteiger partial charge in [-0.05, 0) is 24.6 Å². The summed E-state index contributed by atoms with van der Waals surface area (Å²) in [6, 6.07) is 4.62. The molecule has 0 saturated heterocycles. The maximum atomic E-state index is 13.7. The van der Waals surface area contributed by atoms with Crippen molar-refractivity contribution in [2.45, 2.75) is 12.8 Å². The number of amides is 1. The number of halogens is 1. The minimum absolute atomic E-state index is 0.0529. The standard InChI is InChI=1S/C17H17FN4OS/c1-20-5-2-6-22(15-9-12(18)3-4-14(15)20)16(23)10-13-11-21-7-8-24-17(21)19-13/h3-4,7-9,11H,2,5-6,10H2,1H3. The zero-order chi connectivity index (χ0) is 16.7. The van der Waals surface area contributed by atoms with Crippen LogP contribution in [0.2, 0.25) is 0 Å². The largest absolute Gasteiger partial charge is 0.373 e. The SMILES string of the molecule is CN1CCCN(C(=O)Cc2cn3ccsc3n2)c2cc(F)ccc21. The lowest BCUT2D eigenvalue weighted by Gasteiger charge is -2.24. The number of benzene rings is 1. The summed E-state index contributed by atoms with van der Waals surface area (Å²) in [5.41, 5.74) is 2.26. The quantitative estimate of drug-likeness (QED) is 0.718. The number of thiazole rings is 1. The number of rotatable bonds is 2. The second kappa shape index (κ2) is 5.90. The number of anilines is 2. The van der Waals surface area contributed by atoms with Crippen LogP contribution in [0.3, 0.4) is 0 Å². The van der Waals surface area contributed by atoms with Crippen molar-refractivity contribution in [1.82, 2.24) is 9.38 Å². The highest BCUT2D eigenvalue weighted by atomic mass is 32.1. The second-order valence-corrected chi connectivity index (χ2v) is 6.83. The van der Waals surface area contributed by atoms with Crippen molar-refractivity contribution in [2.24, 2.45) is 0 Å². The molecule has 7 heteroatoms. The molecule has 1 amide bonds. The van der Waals surface area contributed by atoms with Gasteiger partial charge in [0, 0.05) is 37.9 Å². The van der Waals surface area contributed by atoms with E-state index < -0.39 is 0 Å². The first-order valence-corrected chi connectivity index (χ1v) is 8.72. The first-order valence-electron chi connectivity index (χ1n) is 7.84. The molecule has 0 fully saturated rings. The first-order chi connectivity index (χ1) is 11.6. The Morgan fingerprint density at radius 2 is 2.21 bits per heavy atom. The van der Waals surface area contributed by atoms with Gasteiger partial charge in [0.1, 0.15) is 5.82 Å². The summed E-state index contributed by atoms with van der Waals surface area (Å²) >= 11 is 1.54. The molecular weight excluding hydrogens is 327 g/mol. The maximum Gasteiger partial charge on any atom is 0.233 e. The normalized spacial score (nSPS) is 14.8. The van der Waals surface area contributed by atoms with Gasteiger partial charge in [-0.3, -0.25) is 9.20 Å². The Hall–Kier alpha value is -2.41. The third-order valence-corrected chi connectivity index (χ3v) is 5.06. The van der Waals surface area contributed by atoms with Gasteiger partial charge in [0.05, 0.1) is 23.5 Å². The van der Waals surface area contributed by atoms with E-state index in [1.54, 1.807) is 11.0 Å². The van der Waals surface area contributed by atoms with Gasteiger partial charge in [-0.15, -0.1) is 11.3 Å². The molecule has 1 aliphatic heterocycles. The molecule has 0 saturated carbocycles. The van der Waals surface area contributed by atoms with Crippen molar-refractivity contribution in [1.29, 1.82) is 0 Å². The fraction of sp³-hybridized carbons (Fsp3) is 0.294. The van der Waals surface area contributed by atoms with E-state index in [-0.39, 0.29) is 18.1 Å². The van der Waals surface area contributed by atoms with Gasteiger partial charge in [-0.1, -0.05) is 0 Å². The summed E-state index contributed by atoms with van der Waals surface area (Å²) in [5, 5.41) is 1.96. The third-order valence-electron chi connectivity index (χ3n) is 4.29. The van der Waals surface area contributed by atoms with Gasteiger partial charge < -0.3 is 9.80 Å². The van der Waals surface area contributed by atoms with E-state index in [0.29, 0.717) is 12.2 Å². The number of fused-ring (bicyclic) bond motifs is 2. The van der Waals surface area contributed by atoms with Crippen molar-refractivity contribution in [3.63, 3.8) is 0 Å². The highest BCUT2D eigenvalue weighted by Gasteiger charge is 2.24. The van der Waals surface area contributed by atoms with Crippen LogP contribution >= 0.6 is 11.3 Å². The molecule has 124 valence electrons. The summed E-state index contributed by atoms with van der Waals surface area (Å²) in [6.07, 6.45) is 4.86. The molecule has 3 heterocycles. The zero-order valence-corrected chi connectivity index (χ0v) is 14.1. The zero-order valence-electron chi connectivity index (χ0n) is 13.3. The number of carbonyl (C=O) groups is 1. The molecule has 24 heavy (non-hydrogen) atoms. The number of aromatic nitrogens is 2. The molecule has 0 radical (unpaired) electrons. The minimum Gasteiger partial charge on any atom is -0.373 e. The smallest absolute Gasteiger partial charge is 0.233 e. The van der Waals surface area contributed by atoms with Crippen LogP contribution in [0.4, 0.5) is 15.8 Å². The molecule has 0 aliphatic carbocycles.